The Balaban J connectivity index is 1.08. The first-order chi connectivity index (χ1) is 24.5. The van der Waals surface area contributed by atoms with Crippen molar-refractivity contribution in [3.8, 4) is 22.3 Å². The standard InChI is InChI=1S/C48H50N2/c1-49-23-35-15-34(18-43-29-7-9-31(13-29)47(35)43)42-20-38-26-4-6-28(12-26)40(38)22-46(42)50(2)24-36-16-33(17-44-30-8-10-32(14-30)48(36)44)41-19-37-25-3-5-27(11-25)39(37)21-45(41)49/h15-22,25-32H,3-14,23-24H2,1-2H3. The molecule has 0 amide bonds. The van der Waals surface area contributed by atoms with E-state index >= 15 is 0 Å². The van der Waals surface area contributed by atoms with Crippen LogP contribution in [0.5, 0.6) is 0 Å². The van der Waals surface area contributed by atoms with Crippen molar-refractivity contribution in [3.63, 3.8) is 0 Å². The first-order valence-corrected chi connectivity index (χ1v) is 20.6. The van der Waals surface area contributed by atoms with E-state index in [1.807, 2.05) is 0 Å². The molecule has 1 heterocycles. The molecule has 4 saturated carbocycles. The van der Waals surface area contributed by atoms with E-state index in [1.54, 1.807) is 55.6 Å². The van der Waals surface area contributed by atoms with Crippen LogP contribution in [-0.2, 0) is 13.1 Å². The summed E-state index contributed by atoms with van der Waals surface area (Å²) in [4.78, 5) is 5.37. The lowest BCUT2D eigenvalue weighted by Crippen LogP contribution is -2.22. The molecule has 0 radical (unpaired) electrons. The molecule has 4 fully saturated rings. The highest BCUT2D eigenvalue weighted by Crippen LogP contribution is 2.60. The van der Waals surface area contributed by atoms with Gasteiger partial charge < -0.3 is 9.80 Å². The van der Waals surface area contributed by atoms with Crippen LogP contribution < -0.4 is 9.80 Å². The summed E-state index contributed by atoms with van der Waals surface area (Å²) in [6.45, 7) is 2.01. The Kier molecular flexibility index (Phi) is 5.43. The Morgan fingerprint density at radius 1 is 0.380 bits per heavy atom. The van der Waals surface area contributed by atoms with Crippen LogP contribution in [0.3, 0.4) is 0 Å². The van der Waals surface area contributed by atoms with Gasteiger partial charge in [0.05, 0.1) is 0 Å². The quantitative estimate of drug-likeness (QED) is 0.186. The average molecular weight is 655 g/mol. The van der Waals surface area contributed by atoms with Crippen molar-refractivity contribution in [2.75, 3.05) is 23.9 Å². The number of hydrogen-bond donors (Lipinski definition) is 0. The molecule has 12 bridgehead atoms. The third-order valence-corrected chi connectivity index (χ3v) is 16.4. The van der Waals surface area contributed by atoms with Crippen LogP contribution in [0, 0.1) is 0 Å². The predicted molar refractivity (Wildman–Crippen MR) is 205 cm³/mol. The van der Waals surface area contributed by atoms with Crippen LogP contribution in [-0.4, -0.2) is 14.1 Å². The fourth-order valence-electron chi connectivity index (χ4n) is 14.3. The molecular weight excluding hydrogens is 605 g/mol. The van der Waals surface area contributed by atoms with Crippen LogP contribution in [0.1, 0.15) is 180 Å². The van der Waals surface area contributed by atoms with E-state index in [4.69, 9.17) is 0 Å². The van der Waals surface area contributed by atoms with E-state index in [1.165, 1.54) is 111 Å². The van der Waals surface area contributed by atoms with Gasteiger partial charge in [0.1, 0.15) is 0 Å². The van der Waals surface area contributed by atoms with Gasteiger partial charge in [0.2, 0.25) is 0 Å². The van der Waals surface area contributed by atoms with Gasteiger partial charge in [0, 0.05) is 49.7 Å². The van der Waals surface area contributed by atoms with Gasteiger partial charge >= 0.3 is 0 Å². The molecule has 50 heavy (non-hydrogen) atoms. The average Bonchev–Trinajstić information content (AvgIpc) is 4.00. The van der Waals surface area contributed by atoms with Gasteiger partial charge in [0.25, 0.3) is 0 Å². The SMILES string of the molecule is CN1Cc2cc(cc3c2C2CCC3C2)-c2cc3c(cc2N(C)Cc2cc(cc4c2C2CCC4C2)-c2cc4c(cc21)C1CCC4C1)C1CCC3C1. The van der Waals surface area contributed by atoms with E-state index in [9.17, 15) is 0 Å². The molecule has 13 rings (SSSR count). The molecule has 2 nitrogen and oxygen atoms in total. The summed E-state index contributed by atoms with van der Waals surface area (Å²) in [5.41, 5.74) is 25.8. The maximum Gasteiger partial charge on any atom is 0.0449 e. The number of hydrogen-bond acceptors (Lipinski definition) is 2. The van der Waals surface area contributed by atoms with Crippen LogP contribution in [0.4, 0.5) is 11.4 Å². The second-order valence-electron chi connectivity index (χ2n) is 18.8. The van der Waals surface area contributed by atoms with Crippen molar-refractivity contribution in [2.45, 2.75) is 137 Å². The highest BCUT2D eigenvalue weighted by molar-refractivity contribution is 5.85. The maximum absolute atomic E-state index is 2.70. The molecule has 8 unspecified atom stereocenters. The molecule has 9 aliphatic rings. The summed E-state index contributed by atoms with van der Waals surface area (Å²) in [6.07, 6.45) is 16.6. The summed E-state index contributed by atoms with van der Waals surface area (Å²) in [5, 5.41) is 0. The molecule has 8 atom stereocenters. The second kappa shape index (κ2) is 9.67. The van der Waals surface area contributed by atoms with Crippen molar-refractivity contribution in [3.05, 3.63) is 104 Å². The molecule has 4 aromatic carbocycles. The van der Waals surface area contributed by atoms with E-state index in [2.05, 4.69) is 72.4 Å². The minimum atomic E-state index is 0.758. The van der Waals surface area contributed by atoms with Crippen molar-refractivity contribution in [1.29, 1.82) is 0 Å². The van der Waals surface area contributed by atoms with Gasteiger partial charge in [-0.25, -0.2) is 0 Å². The normalized spacial score (nSPS) is 32.6. The number of fused-ring (bicyclic) bond motifs is 30. The largest absolute Gasteiger partial charge is 0.370 e. The van der Waals surface area contributed by atoms with Crippen molar-refractivity contribution < 1.29 is 0 Å². The summed E-state index contributed by atoms with van der Waals surface area (Å²) >= 11 is 0. The Morgan fingerprint density at radius 2 is 0.720 bits per heavy atom. The van der Waals surface area contributed by atoms with Crippen molar-refractivity contribution in [1.82, 2.24) is 0 Å². The lowest BCUT2D eigenvalue weighted by Gasteiger charge is -2.32. The predicted octanol–water partition coefficient (Wildman–Crippen LogP) is 12.1. The maximum atomic E-state index is 2.70. The zero-order chi connectivity index (χ0) is 32.6. The molecule has 0 N–H and O–H groups in total. The van der Waals surface area contributed by atoms with Crippen molar-refractivity contribution >= 4 is 11.4 Å². The van der Waals surface area contributed by atoms with Gasteiger partial charge in [-0.1, -0.05) is 12.1 Å². The third kappa shape index (κ3) is 3.62. The second-order valence-corrected chi connectivity index (χ2v) is 18.8. The molecule has 0 saturated heterocycles. The van der Waals surface area contributed by atoms with Crippen LogP contribution in [0.2, 0.25) is 0 Å². The van der Waals surface area contributed by atoms with Gasteiger partial charge in [-0.05, 0) is 228 Å². The minimum Gasteiger partial charge on any atom is -0.370 e. The molecular formula is C48H50N2. The van der Waals surface area contributed by atoms with E-state index in [-0.39, 0.29) is 0 Å². The van der Waals surface area contributed by atoms with Crippen LogP contribution >= 0.6 is 0 Å². The first-order valence-electron chi connectivity index (χ1n) is 20.6. The van der Waals surface area contributed by atoms with E-state index in [0.29, 0.717) is 0 Å². The monoisotopic (exact) mass is 654 g/mol. The fourth-order valence-corrected chi connectivity index (χ4v) is 14.3. The van der Waals surface area contributed by atoms with Gasteiger partial charge in [-0.3, -0.25) is 0 Å². The van der Waals surface area contributed by atoms with Crippen molar-refractivity contribution in [2.24, 2.45) is 0 Å². The van der Waals surface area contributed by atoms with Crippen LogP contribution in [0.15, 0.2) is 48.5 Å². The summed E-state index contributed by atoms with van der Waals surface area (Å²) in [5.74, 6) is 6.14. The van der Waals surface area contributed by atoms with Gasteiger partial charge in [-0.15, -0.1) is 0 Å². The van der Waals surface area contributed by atoms with E-state index in [0.717, 1.165) is 60.4 Å². The highest BCUT2D eigenvalue weighted by Gasteiger charge is 2.43. The minimum absolute atomic E-state index is 0.758. The summed E-state index contributed by atoms with van der Waals surface area (Å²) in [6, 6.07) is 21.5. The first kappa shape index (κ1) is 28.1. The smallest absolute Gasteiger partial charge is 0.0449 e. The lowest BCUT2D eigenvalue weighted by molar-refractivity contribution is 0.704. The molecule has 4 aromatic rings. The molecule has 252 valence electrons. The fraction of sp³-hybridized carbons (Fsp3) is 0.500. The zero-order valence-corrected chi connectivity index (χ0v) is 30.0. The third-order valence-electron chi connectivity index (χ3n) is 16.4. The highest BCUT2D eigenvalue weighted by atomic mass is 15.1. The van der Waals surface area contributed by atoms with Crippen LogP contribution in [0.25, 0.3) is 22.3 Å². The van der Waals surface area contributed by atoms with E-state index < -0.39 is 0 Å². The topological polar surface area (TPSA) is 6.48 Å². The molecule has 0 spiro atoms. The molecule has 1 aliphatic heterocycles. The molecule has 2 heteroatoms. The Labute approximate surface area is 298 Å². The Morgan fingerprint density at radius 3 is 1.14 bits per heavy atom. The summed E-state index contributed by atoms with van der Waals surface area (Å²) in [7, 11) is 4.86. The lowest BCUT2D eigenvalue weighted by atomic mass is 9.82. The molecule has 0 aromatic heterocycles. The number of anilines is 2. The summed E-state index contributed by atoms with van der Waals surface area (Å²) < 4.78 is 0. The number of rotatable bonds is 0. The number of benzene rings is 4. The number of nitrogens with zero attached hydrogens (tertiary/aromatic N) is 2. The van der Waals surface area contributed by atoms with Gasteiger partial charge in [-0.2, -0.15) is 0 Å². The molecule has 8 aliphatic carbocycles. The Bertz CT molecular complexity index is 2030. The Hall–Kier alpha value is -3.52. The zero-order valence-electron chi connectivity index (χ0n) is 30.0. The van der Waals surface area contributed by atoms with Gasteiger partial charge in [0.15, 0.2) is 0 Å².